The lowest BCUT2D eigenvalue weighted by molar-refractivity contribution is -0.274. The van der Waals surface area contributed by atoms with E-state index in [-0.39, 0.29) is 18.8 Å². The fraction of sp³-hybridized carbons (Fsp3) is 0.357. The van der Waals surface area contributed by atoms with Crippen molar-refractivity contribution in [2.45, 2.75) is 50.7 Å². The third-order valence-electron chi connectivity index (χ3n) is 6.56. The molecule has 0 aromatic heterocycles. The molecule has 3 aromatic rings. The van der Waals surface area contributed by atoms with E-state index < -0.39 is 36.8 Å². The summed E-state index contributed by atoms with van der Waals surface area (Å²) in [4.78, 5) is 3.36. The van der Waals surface area contributed by atoms with Crippen LogP contribution in [0.1, 0.15) is 36.6 Å². The summed E-state index contributed by atoms with van der Waals surface area (Å²) in [5, 5.41) is 20.3. The molecule has 0 saturated carbocycles. The van der Waals surface area contributed by atoms with Gasteiger partial charge in [0.1, 0.15) is 5.75 Å². The largest absolute Gasteiger partial charge is 0.573 e. The van der Waals surface area contributed by atoms with Crippen LogP contribution in [-0.4, -0.2) is 41.9 Å². The summed E-state index contributed by atoms with van der Waals surface area (Å²) in [5.41, 5.74) is 1.64. The highest BCUT2D eigenvalue weighted by atomic mass is 19.4. The second-order valence-electron chi connectivity index (χ2n) is 9.97. The monoisotopic (exact) mass is 554 g/mol. The minimum Gasteiger partial charge on any atom is -0.406 e. The number of alkyl halides is 6. The highest BCUT2D eigenvalue weighted by Crippen LogP contribution is 2.43. The van der Waals surface area contributed by atoms with E-state index in [0.717, 1.165) is 0 Å². The number of aliphatic hydroxyl groups is 2. The number of β-amino-alcohol motifs (C(OH)–C–C–N with tert-alkyl or cyclic N) is 1. The van der Waals surface area contributed by atoms with Crippen molar-refractivity contribution in [2.75, 3.05) is 22.9 Å². The van der Waals surface area contributed by atoms with Crippen LogP contribution in [0.15, 0.2) is 72.8 Å². The standard InChI is InChI=1S/C28H28F6N2O3/c1-26(2,38)20-12-10-19(11-13-20)24-16-35(15-18-6-5-7-21(14-18)39-28(32,33)34)22-8-3-4-9-23(22)36(24)17-25(37)27(29,30)31/h3-14,24-25,37-38H,15-17H2,1-2H3. The highest BCUT2D eigenvalue weighted by Gasteiger charge is 2.42. The molecule has 1 aliphatic heterocycles. The lowest BCUT2D eigenvalue weighted by atomic mass is 9.93. The third-order valence-corrected chi connectivity index (χ3v) is 6.56. The van der Waals surface area contributed by atoms with Crippen LogP contribution in [0, 0.1) is 0 Å². The Bertz CT molecular complexity index is 1270. The molecule has 0 spiro atoms. The Morgan fingerprint density at radius 3 is 2.13 bits per heavy atom. The minimum atomic E-state index is -4.85. The summed E-state index contributed by atoms with van der Waals surface area (Å²) in [7, 11) is 0. The van der Waals surface area contributed by atoms with Gasteiger partial charge in [-0.25, -0.2) is 0 Å². The van der Waals surface area contributed by atoms with Crippen molar-refractivity contribution in [1.29, 1.82) is 0 Å². The van der Waals surface area contributed by atoms with Crippen LogP contribution in [0.5, 0.6) is 5.75 Å². The first-order valence-electron chi connectivity index (χ1n) is 12.1. The zero-order chi connectivity index (χ0) is 28.6. The maximum atomic E-state index is 13.4. The van der Waals surface area contributed by atoms with Crippen molar-refractivity contribution in [2.24, 2.45) is 0 Å². The molecule has 0 aliphatic carbocycles. The maximum Gasteiger partial charge on any atom is 0.573 e. The lowest BCUT2D eigenvalue weighted by Gasteiger charge is -2.46. The molecule has 0 amide bonds. The normalized spacial score (nSPS) is 17.1. The number of hydrogen-bond donors (Lipinski definition) is 2. The molecule has 1 aliphatic rings. The van der Waals surface area contributed by atoms with Crippen LogP contribution in [0.3, 0.4) is 0 Å². The molecule has 5 nitrogen and oxygen atoms in total. The van der Waals surface area contributed by atoms with Crippen molar-refractivity contribution in [3.8, 4) is 5.75 Å². The molecule has 2 N–H and O–H groups in total. The first kappa shape index (κ1) is 28.6. The zero-order valence-corrected chi connectivity index (χ0v) is 21.2. The highest BCUT2D eigenvalue weighted by molar-refractivity contribution is 5.75. The van der Waals surface area contributed by atoms with Gasteiger partial charge in [-0.3, -0.25) is 0 Å². The number of ether oxygens (including phenoxy) is 1. The smallest absolute Gasteiger partial charge is 0.406 e. The predicted octanol–water partition coefficient (Wildman–Crippen LogP) is 6.30. The quantitative estimate of drug-likeness (QED) is 0.336. The molecular formula is C28H28F6N2O3. The van der Waals surface area contributed by atoms with Crippen LogP contribution >= 0.6 is 0 Å². The molecule has 0 saturated heterocycles. The molecule has 39 heavy (non-hydrogen) atoms. The first-order valence-corrected chi connectivity index (χ1v) is 12.1. The van der Waals surface area contributed by atoms with E-state index in [1.54, 1.807) is 68.4 Å². The van der Waals surface area contributed by atoms with E-state index in [9.17, 15) is 36.6 Å². The number of halogens is 6. The summed E-state index contributed by atoms with van der Waals surface area (Å²) in [6.45, 7) is 2.83. The average Bonchev–Trinajstić information content (AvgIpc) is 2.83. The van der Waals surface area contributed by atoms with Crippen molar-refractivity contribution in [3.05, 3.63) is 89.5 Å². The SMILES string of the molecule is CC(C)(O)c1ccc(C2CN(Cc3cccc(OC(F)(F)F)c3)c3ccccc3N2CC(O)C(F)(F)F)cc1. The number of aliphatic hydroxyl groups excluding tert-OH is 1. The molecule has 0 bridgehead atoms. The Hall–Kier alpha value is -3.44. The van der Waals surface area contributed by atoms with E-state index in [2.05, 4.69) is 4.74 Å². The number of hydrogen-bond acceptors (Lipinski definition) is 5. The molecule has 0 radical (unpaired) electrons. The predicted molar refractivity (Wildman–Crippen MR) is 134 cm³/mol. The Labute approximate surface area is 221 Å². The molecule has 3 aromatic carbocycles. The van der Waals surface area contributed by atoms with Gasteiger partial charge >= 0.3 is 12.5 Å². The molecular weight excluding hydrogens is 526 g/mol. The lowest BCUT2D eigenvalue weighted by Crippen LogP contribution is -2.49. The van der Waals surface area contributed by atoms with E-state index >= 15 is 0 Å². The van der Waals surface area contributed by atoms with E-state index in [1.807, 2.05) is 4.90 Å². The average molecular weight is 555 g/mol. The van der Waals surface area contributed by atoms with E-state index in [4.69, 9.17) is 0 Å². The van der Waals surface area contributed by atoms with Crippen LogP contribution in [0.2, 0.25) is 0 Å². The minimum absolute atomic E-state index is 0.153. The topological polar surface area (TPSA) is 56.2 Å². The van der Waals surface area contributed by atoms with Crippen LogP contribution in [-0.2, 0) is 12.1 Å². The van der Waals surface area contributed by atoms with Crippen LogP contribution < -0.4 is 14.5 Å². The molecule has 2 atom stereocenters. The van der Waals surface area contributed by atoms with Gasteiger partial charge in [0.15, 0.2) is 6.10 Å². The van der Waals surface area contributed by atoms with Crippen LogP contribution in [0.4, 0.5) is 37.7 Å². The van der Waals surface area contributed by atoms with Gasteiger partial charge in [-0.15, -0.1) is 13.2 Å². The van der Waals surface area contributed by atoms with Crippen molar-refractivity contribution < 1.29 is 41.3 Å². The number of anilines is 2. The fourth-order valence-electron chi connectivity index (χ4n) is 4.67. The van der Waals surface area contributed by atoms with Gasteiger partial charge in [-0.2, -0.15) is 13.2 Å². The van der Waals surface area contributed by atoms with Crippen LogP contribution in [0.25, 0.3) is 0 Å². The van der Waals surface area contributed by atoms with Crippen molar-refractivity contribution in [3.63, 3.8) is 0 Å². The van der Waals surface area contributed by atoms with E-state index in [1.165, 1.54) is 23.1 Å². The van der Waals surface area contributed by atoms with E-state index in [0.29, 0.717) is 28.1 Å². The number of para-hydroxylation sites is 2. The maximum absolute atomic E-state index is 13.4. The molecule has 1 heterocycles. The number of nitrogens with zero attached hydrogens (tertiary/aromatic N) is 2. The molecule has 210 valence electrons. The summed E-state index contributed by atoms with van der Waals surface area (Å²) >= 11 is 0. The summed E-state index contributed by atoms with van der Waals surface area (Å²) in [6.07, 6.45) is -12.3. The van der Waals surface area contributed by atoms with Gasteiger partial charge in [-0.1, -0.05) is 48.5 Å². The Morgan fingerprint density at radius 1 is 0.897 bits per heavy atom. The Morgan fingerprint density at radius 2 is 1.54 bits per heavy atom. The fourth-order valence-corrected chi connectivity index (χ4v) is 4.67. The molecule has 4 rings (SSSR count). The van der Waals surface area contributed by atoms with Crippen molar-refractivity contribution >= 4 is 11.4 Å². The molecule has 2 unspecified atom stereocenters. The summed E-state index contributed by atoms with van der Waals surface area (Å²) < 4.78 is 82.5. The summed E-state index contributed by atoms with van der Waals surface area (Å²) in [6, 6.07) is 18.4. The van der Waals surface area contributed by atoms with Gasteiger partial charge in [0.2, 0.25) is 0 Å². The third kappa shape index (κ3) is 6.96. The molecule has 0 fully saturated rings. The van der Waals surface area contributed by atoms with Gasteiger partial charge in [0, 0.05) is 13.1 Å². The number of rotatable bonds is 7. The van der Waals surface area contributed by atoms with Gasteiger partial charge in [0.25, 0.3) is 0 Å². The van der Waals surface area contributed by atoms with Gasteiger partial charge in [-0.05, 0) is 54.8 Å². The second kappa shape index (κ2) is 10.6. The number of benzene rings is 3. The number of fused-ring (bicyclic) bond motifs is 1. The second-order valence-corrected chi connectivity index (χ2v) is 9.97. The Kier molecular flexibility index (Phi) is 7.77. The zero-order valence-electron chi connectivity index (χ0n) is 21.2. The summed E-state index contributed by atoms with van der Waals surface area (Å²) in [5.74, 6) is -0.376. The van der Waals surface area contributed by atoms with Gasteiger partial charge in [0.05, 0.1) is 29.6 Å². The first-order chi connectivity index (χ1) is 18.1. The molecule has 11 heteroatoms. The van der Waals surface area contributed by atoms with Crippen molar-refractivity contribution in [1.82, 2.24) is 0 Å². The Balaban J connectivity index is 1.73. The van der Waals surface area contributed by atoms with Gasteiger partial charge < -0.3 is 24.7 Å².